The van der Waals surface area contributed by atoms with Gasteiger partial charge in [0, 0.05) is 20.0 Å². The van der Waals surface area contributed by atoms with E-state index in [1.54, 1.807) is 14.2 Å². The summed E-state index contributed by atoms with van der Waals surface area (Å²) < 4.78 is 11.5. The molecular formula is C19H30O4. The first-order valence-electron chi connectivity index (χ1n) is 8.14. The van der Waals surface area contributed by atoms with Crippen LogP contribution in [0, 0.1) is 5.92 Å². The average molecular weight is 322 g/mol. The summed E-state index contributed by atoms with van der Waals surface area (Å²) in [5.41, 5.74) is 3.25. The van der Waals surface area contributed by atoms with Crippen LogP contribution in [0.25, 0.3) is 0 Å². The van der Waals surface area contributed by atoms with Gasteiger partial charge in [0.2, 0.25) is 0 Å². The highest BCUT2D eigenvalue weighted by Gasteiger charge is 2.42. The Balaban J connectivity index is 2.90. The molecule has 0 heterocycles. The maximum atomic E-state index is 10.5. The summed E-state index contributed by atoms with van der Waals surface area (Å²) in [6, 6.07) is 0. The second-order valence-corrected chi connectivity index (χ2v) is 6.37. The molecule has 1 aliphatic rings. The van der Waals surface area contributed by atoms with E-state index in [-0.39, 0.29) is 17.9 Å². The highest BCUT2D eigenvalue weighted by atomic mass is 16.5. The molecule has 0 fully saturated rings. The lowest BCUT2D eigenvalue weighted by molar-refractivity contribution is -0.136. The Morgan fingerprint density at radius 2 is 1.96 bits per heavy atom. The van der Waals surface area contributed by atoms with Crippen molar-refractivity contribution in [1.29, 1.82) is 0 Å². The number of hydrogen-bond acceptors (Lipinski definition) is 3. The summed E-state index contributed by atoms with van der Waals surface area (Å²) in [5, 5.41) is 8.67. The van der Waals surface area contributed by atoms with Crippen molar-refractivity contribution in [3.63, 3.8) is 0 Å². The van der Waals surface area contributed by atoms with Gasteiger partial charge in [0.15, 0.2) is 0 Å². The van der Waals surface area contributed by atoms with Crippen molar-refractivity contribution in [2.24, 2.45) is 5.92 Å². The lowest BCUT2D eigenvalue weighted by Gasteiger charge is -2.43. The molecule has 0 aromatic carbocycles. The molecule has 0 aromatic heterocycles. The minimum absolute atomic E-state index is 0.178. The quantitative estimate of drug-likeness (QED) is 0.669. The molecule has 0 spiro atoms. The summed E-state index contributed by atoms with van der Waals surface area (Å²) in [5.74, 6) is 0.502. The summed E-state index contributed by atoms with van der Waals surface area (Å²) in [6.45, 7) is 8.49. The molecule has 23 heavy (non-hydrogen) atoms. The number of carbonyl (C=O) groups is 1. The van der Waals surface area contributed by atoms with Crippen molar-refractivity contribution < 1.29 is 19.4 Å². The van der Waals surface area contributed by atoms with Crippen LogP contribution in [0.15, 0.2) is 34.6 Å². The van der Waals surface area contributed by atoms with Gasteiger partial charge in [-0.25, -0.2) is 0 Å². The third-order valence-electron chi connectivity index (χ3n) is 5.00. The molecular weight excluding hydrogens is 292 g/mol. The van der Waals surface area contributed by atoms with E-state index in [9.17, 15) is 4.79 Å². The van der Waals surface area contributed by atoms with Gasteiger partial charge >= 0.3 is 5.97 Å². The topological polar surface area (TPSA) is 55.8 Å². The van der Waals surface area contributed by atoms with E-state index in [4.69, 9.17) is 14.6 Å². The number of allylic oxidation sites excluding steroid dienone is 3. The van der Waals surface area contributed by atoms with Gasteiger partial charge in [-0.05, 0) is 56.3 Å². The summed E-state index contributed by atoms with van der Waals surface area (Å²) >= 11 is 0. The molecule has 1 N–H and O–H groups in total. The zero-order valence-electron chi connectivity index (χ0n) is 15.2. The molecule has 0 aromatic rings. The Hall–Kier alpha value is -1.55. The van der Waals surface area contributed by atoms with Gasteiger partial charge in [0.25, 0.3) is 0 Å². The lowest BCUT2D eigenvalue weighted by Crippen LogP contribution is -2.43. The van der Waals surface area contributed by atoms with E-state index in [0.717, 1.165) is 24.2 Å². The second-order valence-electron chi connectivity index (χ2n) is 6.37. The van der Waals surface area contributed by atoms with E-state index in [1.165, 1.54) is 11.1 Å². The Morgan fingerprint density at radius 3 is 2.48 bits per heavy atom. The minimum atomic E-state index is -0.759. The molecule has 1 aliphatic carbocycles. The zero-order valence-corrected chi connectivity index (χ0v) is 15.2. The number of hydrogen-bond donors (Lipinski definition) is 1. The van der Waals surface area contributed by atoms with Crippen LogP contribution >= 0.6 is 0 Å². The fourth-order valence-electron chi connectivity index (χ4n) is 3.53. The molecule has 0 saturated carbocycles. The molecule has 2 unspecified atom stereocenters. The molecule has 4 nitrogen and oxygen atoms in total. The summed E-state index contributed by atoms with van der Waals surface area (Å²) in [7, 11) is 3.48. The number of methoxy groups -OCH3 is 2. The molecule has 0 aliphatic heterocycles. The van der Waals surface area contributed by atoms with E-state index in [0.29, 0.717) is 6.42 Å². The van der Waals surface area contributed by atoms with Crippen molar-refractivity contribution >= 4 is 5.97 Å². The molecule has 1 rings (SSSR count). The van der Waals surface area contributed by atoms with E-state index in [1.807, 2.05) is 6.08 Å². The number of carboxylic acid groups (broad SMARTS) is 1. The van der Waals surface area contributed by atoms with Gasteiger partial charge in [0.1, 0.15) is 5.76 Å². The van der Waals surface area contributed by atoms with Crippen LogP contribution in [-0.2, 0) is 14.3 Å². The number of carboxylic acids is 1. The average Bonchev–Trinajstić information content (AvgIpc) is 2.50. The van der Waals surface area contributed by atoms with Crippen molar-refractivity contribution in [2.45, 2.75) is 59.0 Å². The minimum Gasteiger partial charge on any atom is -0.497 e. The van der Waals surface area contributed by atoms with Gasteiger partial charge in [0.05, 0.1) is 12.7 Å². The van der Waals surface area contributed by atoms with Gasteiger partial charge in [-0.15, -0.1) is 0 Å². The maximum Gasteiger partial charge on any atom is 0.303 e. The monoisotopic (exact) mass is 322 g/mol. The van der Waals surface area contributed by atoms with E-state index < -0.39 is 5.97 Å². The first-order valence-corrected chi connectivity index (χ1v) is 8.14. The Morgan fingerprint density at radius 1 is 1.30 bits per heavy atom. The number of rotatable bonds is 8. The van der Waals surface area contributed by atoms with Crippen LogP contribution < -0.4 is 0 Å². The molecule has 0 radical (unpaired) electrons. The van der Waals surface area contributed by atoms with E-state index >= 15 is 0 Å². The molecule has 0 amide bonds. The highest BCUT2D eigenvalue weighted by Crippen LogP contribution is 2.44. The predicted octanol–water partition coefficient (Wildman–Crippen LogP) is 4.48. The molecule has 2 atom stereocenters. The van der Waals surface area contributed by atoms with Crippen LogP contribution in [0.1, 0.15) is 53.4 Å². The van der Waals surface area contributed by atoms with Crippen molar-refractivity contribution in [2.75, 3.05) is 14.2 Å². The second kappa shape index (κ2) is 8.34. The number of aliphatic carboxylic acids is 1. The maximum absolute atomic E-state index is 10.5. The third kappa shape index (κ3) is 4.25. The third-order valence-corrected chi connectivity index (χ3v) is 5.00. The van der Waals surface area contributed by atoms with Gasteiger partial charge in [-0.3, -0.25) is 4.79 Å². The van der Waals surface area contributed by atoms with Crippen LogP contribution in [0.4, 0.5) is 0 Å². The summed E-state index contributed by atoms with van der Waals surface area (Å²) in [4.78, 5) is 10.5. The van der Waals surface area contributed by atoms with Crippen molar-refractivity contribution in [1.82, 2.24) is 0 Å². The SMILES string of the molecule is COC1=C(C)CC(OC)(C(C)CC=CCCC(=O)O)C(C)=C1C. The fourth-order valence-corrected chi connectivity index (χ4v) is 3.53. The molecule has 0 bridgehead atoms. The molecule has 130 valence electrons. The van der Waals surface area contributed by atoms with Crippen LogP contribution in [0.5, 0.6) is 0 Å². The smallest absolute Gasteiger partial charge is 0.303 e. The van der Waals surface area contributed by atoms with Gasteiger partial charge < -0.3 is 14.6 Å². The molecule has 0 saturated heterocycles. The van der Waals surface area contributed by atoms with Gasteiger partial charge in [-0.1, -0.05) is 19.1 Å². The first-order chi connectivity index (χ1) is 10.8. The largest absolute Gasteiger partial charge is 0.497 e. The zero-order chi connectivity index (χ0) is 17.6. The normalized spacial score (nSPS) is 23.6. The van der Waals surface area contributed by atoms with Crippen molar-refractivity contribution in [3.05, 3.63) is 34.6 Å². The Bertz CT molecular complexity index is 527. The highest BCUT2D eigenvalue weighted by molar-refractivity contribution is 5.66. The Labute approximate surface area is 139 Å². The first kappa shape index (κ1) is 19.5. The Kier molecular flexibility index (Phi) is 7.07. The van der Waals surface area contributed by atoms with Crippen molar-refractivity contribution in [3.8, 4) is 0 Å². The van der Waals surface area contributed by atoms with E-state index in [2.05, 4.69) is 33.8 Å². The van der Waals surface area contributed by atoms with Crippen LogP contribution in [-0.4, -0.2) is 30.9 Å². The van der Waals surface area contributed by atoms with Crippen LogP contribution in [0.2, 0.25) is 0 Å². The number of ether oxygens (including phenoxy) is 2. The predicted molar refractivity (Wildman–Crippen MR) is 92.2 cm³/mol. The summed E-state index contributed by atoms with van der Waals surface area (Å²) in [6.07, 6.45) is 6.45. The standard InChI is InChI=1S/C19H30O4/c1-13-12-19(23-6,16(4)15(3)18(13)22-5)14(2)10-8-7-9-11-17(20)21/h7-8,14H,9-12H2,1-6H3,(H,20,21). The van der Waals surface area contributed by atoms with Gasteiger partial charge in [-0.2, -0.15) is 0 Å². The molecule has 4 heteroatoms. The van der Waals surface area contributed by atoms with Crippen LogP contribution in [0.3, 0.4) is 0 Å². The lowest BCUT2D eigenvalue weighted by atomic mass is 9.71. The fraction of sp³-hybridized carbons (Fsp3) is 0.632.